The summed E-state index contributed by atoms with van der Waals surface area (Å²) in [6.45, 7) is 2.24. The van der Waals surface area contributed by atoms with Gasteiger partial charge in [0.1, 0.15) is 12.1 Å². The molecule has 2 aromatic rings. The maximum atomic E-state index is 11.3. The summed E-state index contributed by atoms with van der Waals surface area (Å²) in [6.07, 6.45) is 8.24. The maximum absolute atomic E-state index is 11.3. The van der Waals surface area contributed by atoms with E-state index in [0.29, 0.717) is 6.04 Å². The Balaban J connectivity index is 1.86. The number of rotatable bonds is 6. The van der Waals surface area contributed by atoms with E-state index in [1.54, 1.807) is 0 Å². The molecule has 0 radical (unpaired) electrons. The van der Waals surface area contributed by atoms with Crippen LogP contribution in [0.1, 0.15) is 56.3 Å². The molecule has 0 unspecified atom stereocenters. The van der Waals surface area contributed by atoms with Crippen LogP contribution in [0.25, 0.3) is 10.9 Å². The van der Waals surface area contributed by atoms with Crippen LogP contribution in [0, 0.1) is 0 Å². The molecule has 3 N–H and O–H groups in total. The van der Waals surface area contributed by atoms with Gasteiger partial charge in [-0.3, -0.25) is 4.79 Å². The number of aromatic nitrogens is 1. The molecule has 2 atom stereocenters. The molecular weight excluding hydrogens is 260 g/mol. The van der Waals surface area contributed by atoms with Gasteiger partial charge in [-0.25, -0.2) is 0 Å². The first-order chi connectivity index (χ1) is 10.3. The Morgan fingerprint density at radius 2 is 2.14 bits per heavy atom. The van der Waals surface area contributed by atoms with E-state index >= 15 is 0 Å². The third-order valence-electron chi connectivity index (χ3n) is 4.68. The molecule has 3 heteroatoms. The summed E-state index contributed by atoms with van der Waals surface area (Å²) in [7, 11) is 0. The highest BCUT2D eigenvalue weighted by atomic mass is 16.1. The quantitative estimate of drug-likeness (QED) is 0.622. The lowest BCUT2D eigenvalue weighted by Gasteiger charge is -2.25. The van der Waals surface area contributed by atoms with Crippen LogP contribution in [0.2, 0.25) is 0 Å². The molecule has 112 valence electrons. The molecule has 0 spiro atoms. The second kappa shape index (κ2) is 6.44. The van der Waals surface area contributed by atoms with Gasteiger partial charge in [0.2, 0.25) is 0 Å². The van der Waals surface area contributed by atoms with Gasteiger partial charge in [-0.2, -0.15) is 0 Å². The Morgan fingerprint density at radius 3 is 2.95 bits per heavy atom. The lowest BCUT2D eigenvalue weighted by molar-refractivity contribution is -0.719. The predicted molar refractivity (Wildman–Crippen MR) is 85.3 cm³/mol. The molecule has 1 aliphatic rings. The van der Waals surface area contributed by atoms with Crippen LogP contribution in [0.4, 0.5) is 0 Å². The van der Waals surface area contributed by atoms with E-state index in [2.05, 4.69) is 41.5 Å². The molecule has 0 saturated carbocycles. The molecule has 0 amide bonds. The number of quaternary nitrogens is 1. The third-order valence-corrected chi connectivity index (χ3v) is 4.68. The number of aldehydes is 1. The van der Waals surface area contributed by atoms with E-state index < -0.39 is 0 Å². The largest absolute Gasteiger partial charge is 0.353 e. The number of unbranched alkanes of at least 4 members (excludes halogenated alkanes) is 3. The zero-order valence-corrected chi connectivity index (χ0v) is 12.8. The predicted octanol–water partition coefficient (Wildman–Crippen LogP) is 2.87. The first-order valence-corrected chi connectivity index (χ1v) is 8.23. The molecule has 0 aliphatic carbocycles. The van der Waals surface area contributed by atoms with E-state index in [9.17, 15) is 4.79 Å². The monoisotopic (exact) mass is 285 g/mol. The number of hydrogen-bond donors (Lipinski definition) is 2. The van der Waals surface area contributed by atoms with Crippen LogP contribution >= 0.6 is 0 Å². The number of benzene rings is 1. The van der Waals surface area contributed by atoms with Gasteiger partial charge in [0.25, 0.3) is 0 Å². The van der Waals surface area contributed by atoms with E-state index in [1.807, 2.05) is 0 Å². The van der Waals surface area contributed by atoms with Crippen LogP contribution in [0.3, 0.4) is 0 Å². The molecule has 0 fully saturated rings. The molecule has 0 bridgehead atoms. The molecule has 0 saturated heterocycles. The zero-order valence-electron chi connectivity index (χ0n) is 12.8. The second-order valence-electron chi connectivity index (χ2n) is 6.22. The molecule has 1 aromatic heterocycles. The maximum Gasteiger partial charge on any atom is 0.177 e. The first-order valence-electron chi connectivity index (χ1n) is 8.23. The van der Waals surface area contributed by atoms with Crippen molar-refractivity contribution in [3.05, 3.63) is 35.5 Å². The van der Waals surface area contributed by atoms with Gasteiger partial charge < -0.3 is 10.3 Å². The van der Waals surface area contributed by atoms with Crippen LogP contribution in [-0.2, 0) is 11.2 Å². The van der Waals surface area contributed by atoms with Crippen molar-refractivity contribution in [3.63, 3.8) is 0 Å². The minimum Gasteiger partial charge on any atom is -0.353 e. The Bertz CT molecular complexity index is 617. The number of aromatic amines is 1. The molecule has 1 aliphatic heterocycles. The minimum atomic E-state index is 0.0767. The molecule has 2 heterocycles. The topological polar surface area (TPSA) is 49.5 Å². The number of carbonyl (C=O) groups is 1. The summed E-state index contributed by atoms with van der Waals surface area (Å²) >= 11 is 0. The van der Waals surface area contributed by atoms with Crippen molar-refractivity contribution in [1.82, 2.24) is 4.98 Å². The number of H-pyrrole nitrogens is 1. The van der Waals surface area contributed by atoms with Crippen LogP contribution in [0.15, 0.2) is 24.3 Å². The van der Waals surface area contributed by atoms with E-state index in [0.717, 1.165) is 19.1 Å². The summed E-state index contributed by atoms with van der Waals surface area (Å²) < 4.78 is 0. The number of nitrogens with two attached hydrogens (primary N) is 1. The number of carbonyl (C=O) groups excluding carboxylic acids is 1. The lowest BCUT2D eigenvalue weighted by atomic mass is 9.92. The molecule has 3 nitrogen and oxygen atoms in total. The summed E-state index contributed by atoms with van der Waals surface area (Å²) in [5, 5.41) is 3.56. The Labute approximate surface area is 126 Å². The van der Waals surface area contributed by atoms with Crippen molar-refractivity contribution < 1.29 is 10.1 Å². The Kier molecular flexibility index (Phi) is 4.39. The number of fused-ring (bicyclic) bond motifs is 3. The Morgan fingerprint density at radius 1 is 1.29 bits per heavy atom. The van der Waals surface area contributed by atoms with Crippen molar-refractivity contribution >= 4 is 17.2 Å². The van der Waals surface area contributed by atoms with Gasteiger partial charge in [0, 0.05) is 23.7 Å². The third kappa shape index (κ3) is 2.88. The van der Waals surface area contributed by atoms with Gasteiger partial charge in [-0.05, 0) is 18.1 Å². The molecule has 1 aromatic carbocycles. The molecular formula is C18H25N2O+. The summed E-state index contributed by atoms with van der Waals surface area (Å²) in [5.41, 5.74) is 3.93. The highest BCUT2D eigenvalue weighted by Crippen LogP contribution is 2.30. The highest BCUT2D eigenvalue weighted by Gasteiger charge is 2.32. The average molecular weight is 285 g/mol. The Hall–Kier alpha value is -1.61. The summed E-state index contributed by atoms with van der Waals surface area (Å²) in [5.74, 6) is 0. The number of nitrogens with one attached hydrogen (secondary N) is 1. The fourth-order valence-corrected chi connectivity index (χ4v) is 3.58. The number of para-hydroxylation sites is 1. The van der Waals surface area contributed by atoms with E-state index in [1.165, 1.54) is 47.8 Å². The van der Waals surface area contributed by atoms with Crippen molar-refractivity contribution in [2.45, 2.75) is 57.5 Å². The van der Waals surface area contributed by atoms with Crippen molar-refractivity contribution in [2.24, 2.45) is 0 Å². The molecule has 21 heavy (non-hydrogen) atoms. The smallest absolute Gasteiger partial charge is 0.177 e. The SMILES string of the molecule is CCCCCC[C@H]1[NH2+][C@@H](C=O)Cc2c1[nH]c1ccccc21. The fourth-order valence-electron chi connectivity index (χ4n) is 3.58. The van der Waals surface area contributed by atoms with E-state index in [4.69, 9.17) is 0 Å². The van der Waals surface area contributed by atoms with Gasteiger partial charge >= 0.3 is 0 Å². The highest BCUT2D eigenvalue weighted by molar-refractivity contribution is 5.85. The zero-order chi connectivity index (χ0) is 14.7. The average Bonchev–Trinajstić information content (AvgIpc) is 2.90. The van der Waals surface area contributed by atoms with Crippen molar-refractivity contribution in [3.8, 4) is 0 Å². The van der Waals surface area contributed by atoms with Gasteiger partial charge in [-0.1, -0.05) is 44.4 Å². The fraction of sp³-hybridized carbons (Fsp3) is 0.500. The van der Waals surface area contributed by atoms with Gasteiger partial charge in [0.05, 0.1) is 5.69 Å². The first kappa shape index (κ1) is 14.3. The van der Waals surface area contributed by atoms with Crippen LogP contribution in [-0.4, -0.2) is 17.3 Å². The van der Waals surface area contributed by atoms with E-state index in [-0.39, 0.29) is 6.04 Å². The van der Waals surface area contributed by atoms with Crippen LogP contribution in [0.5, 0.6) is 0 Å². The summed E-state index contributed by atoms with van der Waals surface area (Å²) in [4.78, 5) is 14.9. The minimum absolute atomic E-state index is 0.0767. The number of hydrogen-bond acceptors (Lipinski definition) is 1. The standard InChI is InChI=1S/C18H24N2O/c1-2-3-4-5-10-17-18-15(11-13(12-21)19-17)14-8-6-7-9-16(14)20-18/h6-9,12-13,17,19-20H,2-5,10-11H2,1H3/p+1/t13-,17-/m1/s1. The normalized spacial score (nSPS) is 21.4. The molecule has 3 rings (SSSR count). The van der Waals surface area contributed by atoms with Gasteiger partial charge in [-0.15, -0.1) is 0 Å². The summed E-state index contributed by atoms with van der Waals surface area (Å²) in [6, 6.07) is 8.95. The van der Waals surface area contributed by atoms with Crippen LogP contribution < -0.4 is 5.32 Å². The lowest BCUT2D eigenvalue weighted by Crippen LogP contribution is -2.93. The second-order valence-corrected chi connectivity index (χ2v) is 6.22. The van der Waals surface area contributed by atoms with Gasteiger partial charge in [0.15, 0.2) is 6.29 Å². The van der Waals surface area contributed by atoms with Crippen molar-refractivity contribution in [1.29, 1.82) is 0 Å². The van der Waals surface area contributed by atoms with Crippen molar-refractivity contribution in [2.75, 3.05) is 0 Å².